The van der Waals surface area contributed by atoms with Crippen LogP contribution in [0, 0.1) is 0 Å². The number of aryl methyl sites for hydroxylation is 1. The average molecular weight is 267 g/mol. The molecule has 0 bridgehead atoms. The first-order valence-corrected chi connectivity index (χ1v) is 8.19. The molecule has 2 heterocycles. The molecule has 5 heteroatoms. The Labute approximate surface area is 107 Å². The first kappa shape index (κ1) is 12.1. The van der Waals surface area contributed by atoms with Crippen LogP contribution in [0.3, 0.4) is 0 Å². The second-order valence-corrected chi connectivity index (χ2v) is 7.62. The number of hydrogen-bond donors (Lipinski definition) is 1. The number of hydrogen-bond acceptors (Lipinski definition) is 4. The highest BCUT2D eigenvalue weighted by molar-refractivity contribution is 7.91. The molecule has 1 aliphatic heterocycles. The third kappa shape index (κ3) is 1.95. The fraction of sp³-hybridized carbons (Fsp3) is 0.615. The Morgan fingerprint density at radius 3 is 3.00 bits per heavy atom. The number of aromatic nitrogens is 1. The Morgan fingerprint density at radius 2 is 2.28 bits per heavy atom. The van der Waals surface area contributed by atoms with Gasteiger partial charge in [-0.1, -0.05) is 6.07 Å². The molecule has 18 heavy (non-hydrogen) atoms. The molecule has 1 saturated heterocycles. The predicted molar refractivity (Wildman–Crippen MR) is 68.1 cm³/mol. The fourth-order valence-electron chi connectivity index (χ4n) is 3.26. The van der Waals surface area contributed by atoms with Gasteiger partial charge < -0.3 is 5.11 Å². The summed E-state index contributed by atoms with van der Waals surface area (Å²) in [6, 6.07) is 3.93. The van der Waals surface area contributed by atoms with Gasteiger partial charge in [0, 0.05) is 17.8 Å². The van der Waals surface area contributed by atoms with E-state index in [2.05, 4.69) is 4.98 Å². The van der Waals surface area contributed by atoms with Gasteiger partial charge in [0.05, 0.1) is 17.1 Å². The van der Waals surface area contributed by atoms with E-state index in [4.69, 9.17) is 0 Å². The normalized spacial score (nSPS) is 34.2. The Kier molecular flexibility index (Phi) is 2.71. The minimum atomic E-state index is -3.08. The van der Waals surface area contributed by atoms with E-state index < -0.39 is 15.4 Å². The molecular formula is C13H17NO3S. The number of pyridine rings is 1. The molecule has 0 amide bonds. The molecule has 1 aromatic rings. The summed E-state index contributed by atoms with van der Waals surface area (Å²) in [7, 11) is -3.08. The largest absolute Gasteiger partial charge is 0.388 e. The molecular weight excluding hydrogens is 250 g/mol. The first-order valence-electron chi connectivity index (χ1n) is 6.37. The van der Waals surface area contributed by atoms with Gasteiger partial charge in [0.2, 0.25) is 0 Å². The fourth-order valence-corrected chi connectivity index (χ4v) is 5.18. The molecule has 4 nitrogen and oxygen atoms in total. The smallest absolute Gasteiger partial charge is 0.153 e. The molecule has 0 spiro atoms. The molecule has 1 N–H and O–H groups in total. The lowest BCUT2D eigenvalue weighted by Gasteiger charge is -2.35. The second kappa shape index (κ2) is 4.03. The molecule has 0 saturated carbocycles. The Hall–Kier alpha value is -0.940. The van der Waals surface area contributed by atoms with Gasteiger partial charge in [-0.15, -0.1) is 0 Å². The molecule has 0 radical (unpaired) electrons. The van der Waals surface area contributed by atoms with Gasteiger partial charge in [-0.25, -0.2) is 8.42 Å². The van der Waals surface area contributed by atoms with Crippen LogP contribution in [0.5, 0.6) is 0 Å². The number of aliphatic hydroxyl groups is 1. The summed E-state index contributed by atoms with van der Waals surface area (Å²) >= 11 is 0. The molecule has 2 atom stereocenters. The number of rotatable bonds is 1. The third-order valence-corrected chi connectivity index (χ3v) is 5.93. The Morgan fingerprint density at radius 1 is 1.44 bits per heavy atom. The van der Waals surface area contributed by atoms with Crippen LogP contribution in [0.2, 0.25) is 0 Å². The van der Waals surface area contributed by atoms with Crippen molar-refractivity contribution in [2.75, 3.05) is 11.5 Å². The molecule has 0 aromatic carbocycles. The van der Waals surface area contributed by atoms with E-state index in [-0.39, 0.29) is 17.4 Å². The van der Waals surface area contributed by atoms with Crippen molar-refractivity contribution in [1.82, 2.24) is 4.98 Å². The molecule has 2 aliphatic rings. The SMILES string of the molecule is O=S1(=O)CCC(O)(C2CCCc3cccnc32)C1. The molecule has 98 valence electrons. The van der Waals surface area contributed by atoms with Gasteiger partial charge in [-0.3, -0.25) is 4.98 Å². The van der Waals surface area contributed by atoms with E-state index in [1.54, 1.807) is 6.20 Å². The molecule has 1 fully saturated rings. The third-order valence-electron chi connectivity index (χ3n) is 4.16. The van der Waals surface area contributed by atoms with Gasteiger partial charge in [-0.05, 0) is 37.3 Å². The maximum atomic E-state index is 11.6. The summed E-state index contributed by atoms with van der Waals surface area (Å²) in [4.78, 5) is 4.38. The highest BCUT2D eigenvalue weighted by atomic mass is 32.2. The molecule has 3 rings (SSSR count). The van der Waals surface area contributed by atoms with Crippen LogP contribution < -0.4 is 0 Å². The standard InChI is InChI=1S/C13H17NO3S/c15-13(6-8-18(16,17)9-13)11-5-1-3-10-4-2-7-14-12(10)11/h2,4,7,11,15H,1,3,5-6,8-9H2. The van der Waals surface area contributed by atoms with Gasteiger partial charge >= 0.3 is 0 Å². The maximum absolute atomic E-state index is 11.6. The second-order valence-electron chi connectivity index (χ2n) is 5.44. The van der Waals surface area contributed by atoms with Crippen LogP contribution in [0.4, 0.5) is 0 Å². The summed E-state index contributed by atoms with van der Waals surface area (Å²) in [5.74, 6) is -0.136. The van der Waals surface area contributed by atoms with Crippen LogP contribution in [-0.4, -0.2) is 35.6 Å². The summed E-state index contributed by atoms with van der Waals surface area (Å²) in [5, 5.41) is 10.7. The number of fused-ring (bicyclic) bond motifs is 1. The van der Waals surface area contributed by atoms with E-state index in [9.17, 15) is 13.5 Å². The van der Waals surface area contributed by atoms with Crippen molar-refractivity contribution < 1.29 is 13.5 Å². The molecule has 2 unspecified atom stereocenters. The number of sulfone groups is 1. The van der Waals surface area contributed by atoms with Gasteiger partial charge in [0.25, 0.3) is 0 Å². The van der Waals surface area contributed by atoms with E-state index in [0.717, 1.165) is 30.5 Å². The van der Waals surface area contributed by atoms with Crippen molar-refractivity contribution in [2.45, 2.75) is 37.2 Å². The summed E-state index contributed by atoms with van der Waals surface area (Å²) in [6.45, 7) is 0. The minimum absolute atomic E-state index is 0.0994. The maximum Gasteiger partial charge on any atom is 0.153 e. The molecule has 1 aromatic heterocycles. The van der Waals surface area contributed by atoms with Crippen molar-refractivity contribution in [3.05, 3.63) is 29.6 Å². The lowest BCUT2D eigenvalue weighted by atomic mass is 9.75. The van der Waals surface area contributed by atoms with E-state index >= 15 is 0 Å². The topological polar surface area (TPSA) is 67.3 Å². The lowest BCUT2D eigenvalue weighted by Crippen LogP contribution is -2.39. The monoisotopic (exact) mass is 267 g/mol. The van der Waals surface area contributed by atoms with Crippen molar-refractivity contribution >= 4 is 9.84 Å². The summed E-state index contributed by atoms with van der Waals surface area (Å²) < 4.78 is 23.2. The van der Waals surface area contributed by atoms with Crippen LogP contribution in [0.1, 0.15) is 36.4 Å². The summed E-state index contributed by atoms with van der Waals surface area (Å²) in [5.41, 5.74) is 0.956. The Bertz CT molecular complexity index is 569. The van der Waals surface area contributed by atoms with Gasteiger partial charge in [0.15, 0.2) is 9.84 Å². The zero-order valence-electron chi connectivity index (χ0n) is 10.2. The van der Waals surface area contributed by atoms with Crippen molar-refractivity contribution in [1.29, 1.82) is 0 Å². The summed E-state index contributed by atoms with van der Waals surface area (Å²) in [6.07, 6.45) is 4.87. The minimum Gasteiger partial charge on any atom is -0.388 e. The van der Waals surface area contributed by atoms with Gasteiger partial charge in [-0.2, -0.15) is 0 Å². The van der Waals surface area contributed by atoms with Crippen LogP contribution >= 0.6 is 0 Å². The quantitative estimate of drug-likeness (QED) is 0.826. The highest BCUT2D eigenvalue weighted by Gasteiger charge is 2.48. The average Bonchev–Trinajstić information content (AvgIpc) is 2.64. The van der Waals surface area contributed by atoms with Crippen molar-refractivity contribution in [2.24, 2.45) is 0 Å². The number of nitrogens with zero attached hydrogens (tertiary/aromatic N) is 1. The zero-order valence-corrected chi connectivity index (χ0v) is 11.0. The molecule has 1 aliphatic carbocycles. The Balaban J connectivity index is 2.00. The predicted octanol–water partition coefficient (Wildman–Crippen LogP) is 1.05. The zero-order chi connectivity index (χ0) is 12.8. The highest BCUT2D eigenvalue weighted by Crippen LogP contribution is 2.43. The van der Waals surface area contributed by atoms with E-state index in [0.29, 0.717) is 6.42 Å². The van der Waals surface area contributed by atoms with E-state index in [1.165, 1.54) is 0 Å². The van der Waals surface area contributed by atoms with Crippen molar-refractivity contribution in [3.63, 3.8) is 0 Å². The van der Waals surface area contributed by atoms with E-state index in [1.807, 2.05) is 12.1 Å². The lowest BCUT2D eigenvalue weighted by molar-refractivity contribution is 0.0303. The van der Waals surface area contributed by atoms with Crippen LogP contribution in [0.15, 0.2) is 18.3 Å². The van der Waals surface area contributed by atoms with Crippen molar-refractivity contribution in [3.8, 4) is 0 Å². The van der Waals surface area contributed by atoms with Gasteiger partial charge in [0.1, 0.15) is 0 Å². The first-order chi connectivity index (χ1) is 8.50. The van der Waals surface area contributed by atoms with Crippen LogP contribution in [0.25, 0.3) is 0 Å². The van der Waals surface area contributed by atoms with Crippen LogP contribution in [-0.2, 0) is 16.3 Å².